The number of halogens is 1. The van der Waals surface area contributed by atoms with Crippen molar-refractivity contribution in [2.75, 3.05) is 11.9 Å². The minimum absolute atomic E-state index is 0.189. The van der Waals surface area contributed by atoms with Gasteiger partial charge in [-0.05, 0) is 47.7 Å². The highest BCUT2D eigenvalue weighted by atomic mass is 35.5. The molecule has 0 spiro atoms. The Labute approximate surface area is 136 Å². The Kier molecular flexibility index (Phi) is 5.84. The second-order valence-electron chi connectivity index (χ2n) is 5.53. The second kappa shape index (κ2) is 7.85. The van der Waals surface area contributed by atoms with Crippen LogP contribution >= 0.6 is 11.6 Å². The van der Waals surface area contributed by atoms with Crippen LogP contribution in [-0.2, 0) is 6.42 Å². The van der Waals surface area contributed by atoms with Crippen LogP contribution in [0.4, 0.5) is 10.5 Å². The molecule has 0 aliphatic heterocycles. The van der Waals surface area contributed by atoms with E-state index in [4.69, 9.17) is 11.6 Å². The number of benzene rings is 2. The van der Waals surface area contributed by atoms with Crippen molar-refractivity contribution in [1.82, 2.24) is 5.32 Å². The van der Waals surface area contributed by atoms with E-state index in [0.717, 1.165) is 22.7 Å². The zero-order valence-corrected chi connectivity index (χ0v) is 13.7. The molecule has 2 amide bonds. The number of rotatable bonds is 5. The normalized spacial score (nSPS) is 10.5. The van der Waals surface area contributed by atoms with Crippen LogP contribution in [0, 0.1) is 0 Å². The first-order valence-corrected chi connectivity index (χ1v) is 7.81. The Bertz CT molecular complexity index is 606. The van der Waals surface area contributed by atoms with Gasteiger partial charge in [0.05, 0.1) is 0 Å². The molecule has 2 aromatic carbocycles. The van der Waals surface area contributed by atoms with E-state index in [-0.39, 0.29) is 6.03 Å². The van der Waals surface area contributed by atoms with Gasteiger partial charge in [-0.2, -0.15) is 0 Å². The van der Waals surface area contributed by atoms with Crippen LogP contribution in [0.2, 0.25) is 5.02 Å². The largest absolute Gasteiger partial charge is 0.338 e. The van der Waals surface area contributed by atoms with Gasteiger partial charge < -0.3 is 10.6 Å². The summed E-state index contributed by atoms with van der Waals surface area (Å²) in [6.07, 6.45) is 0.775. The first-order chi connectivity index (χ1) is 10.5. The van der Waals surface area contributed by atoms with Gasteiger partial charge in [-0.1, -0.05) is 49.7 Å². The molecule has 4 heteroatoms. The summed E-state index contributed by atoms with van der Waals surface area (Å²) in [6.45, 7) is 4.87. The summed E-state index contributed by atoms with van der Waals surface area (Å²) in [4.78, 5) is 11.8. The first-order valence-electron chi connectivity index (χ1n) is 7.44. The number of amides is 2. The van der Waals surface area contributed by atoms with Crippen LogP contribution in [0.25, 0.3) is 0 Å². The van der Waals surface area contributed by atoms with Gasteiger partial charge in [0.25, 0.3) is 0 Å². The highest BCUT2D eigenvalue weighted by Crippen LogP contribution is 2.17. The number of carbonyl (C=O) groups excluding carboxylic acids is 1. The van der Waals surface area contributed by atoms with Gasteiger partial charge in [0.2, 0.25) is 0 Å². The van der Waals surface area contributed by atoms with E-state index in [1.807, 2.05) is 48.5 Å². The summed E-state index contributed by atoms with van der Waals surface area (Å²) in [5, 5.41) is 6.40. The Balaban J connectivity index is 1.76. The number of hydrogen-bond acceptors (Lipinski definition) is 1. The molecule has 22 heavy (non-hydrogen) atoms. The summed E-state index contributed by atoms with van der Waals surface area (Å²) in [5.74, 6) is 0.488. The van der Waals surface area contributed by atoms with Gasteiger partial charge >= 0.3 is 6.03 Å². The van der Waals surface area contributed by atoms with Gasteiger partial charge in [-0.3, -0.25) is 0 Å². The van der Waals surface area contributed by atoms with Gasteiger partial charge in [-0.25, -0.2) is 4.79 Å². The third-order valence-electron chi connectivity index (χ3n) is 3.45. The molecule has 0 heterocycles. The lowest BCUT2D eigenvalue weighted by molar-refractivity contribution is 0.252. The highest BCUT2D eigenvalue weighted by Gasteiger charge is 2.03. The fraction of sp³-hybridized carbons (Fsp3) is 0.278. The molecule has 2 N–H and O–H groups in total. The van der Waals surface area contributed by atoms with E-state index in [9.17, 15) is 4.79 Å². The Morgan fingerprint density at radius 3 is 2.27 bits per heavy atom. The smallest absolute Gasteiger partial charge is 0.319 e. The van der Waals surface area contributed by atoms with Gasteiger partial charge in [0.1, 0.15) is 0 Å². The van der Waals surface area contributed by atoms with Crippen LogP contribution in [0.5, 0.6) is 0 Å². The van der Waals surface area contributed by atoms with Crippen molar-refractivity contribution < 1.29 is 4.79 Å². The Morgan fingerprint density at radius 2 is 1.68 bits per heavy atom. The van der Waals surface area contributed by atoms with E-state index in [1.54, 1.807) is 0 Å². The minimum Gasteiger partial charge on any atom is -0.338 e. The number of anilines is 1. The van der Waals surface area contributed by atoms with Crippen LogP contribution in [0.15, 0.2) is 48.5 Å². The third-order valence-corrected chi connectivity index (χ3v) is 3.70. The van der Waals surface area contributed by atoms with Gasteiger partial charge in [-0.15, -0.1) is 0 Å². The van der Waals surface area contributed by atoms with Crippen LogP contribution in [-0.4, -0.2) is 12.6 Å². The minimum atomic E-state index is -0.189. The highest BCUT2D eigenvalue weighted by molar-refractivity contribution is 6.30. The Hall–Kier alpha value is -2.00. The molecule has 2 aromatic rings. The fourth-order valence-electron chi connectivity index (χ4n) is 2.10. The second-order valence-corrected chi connectivity index (χ2v) is 5.97. The predicted molar refractivity (Wildman–Crippen MR) is 92.7 cm³/mol. The molecule has 0 aliphatic rings. The van der Waals surface area contributed by atoms with E-state index >= 15 is 0 Å². The van der Waals surface area contributed by atoms with Gasteiger partial charge in [0.15, 0.2) is 0 Å². The van der Waals surface area contributed by atoms with E-state index in [0.29, 0.717) is 12.5 Å². The average Bonchev–Trinajstić information content (AvgIpc) is 2.50. The summed E-state index contributed by atoms with van der Waals surface area (Å²) in [6, 6.07) is 15.4. The molecule has 0 saturated heterocycles. The van der Waals surface area contributed by atoms with Crippen molar-refractivity contribution in [3.05, 3.63) is 64.7 Å². The average molecular weight is 317 g/mol. The lowest BCUT2D eigenvalue weighted by atomic mass is 10.0. The molecule has 0 bridgehead atoms. The molecule has 3 nitrogen and oxygen atoms in total. The lowest BCUT2D eigenvalue weighted by Gasteiger charge is -2.09. The number of nitrogens with one attached hydrogen (secondary N) is 2. The van der Waals surface area contributed by atoms with Crippen molar-refractivity contribution in [2.24, 2.45) is 0 Å². The molecule has 0 aromatic heterocycles. The molecular formula is C18H21ClN2O. The van der Waals surface area contributed by atoms with Crippen LogP contribution < -0.4 is 10.6 Å². The molecule has 116 valence electrons. The third kappa shape index (κ3) is 5.08. The summed E-state index contributed by atoms with van der Waals surface area (Å²) in [5.41, 5.74) is 3.20. The van der Waals surface area contributed by atoms with Crippen molar-refractivity contribution in [2.45, 2.75) is 26.2 Å². The fourth-order valence-corrected chi connectivity index (χ4v) is 2.22. The van der Waals surface area contributed by atoms with E-state index < -0.39 is 0 Å². The summed E-state index contributed by atoms with van der Waals surface area (Å²) >= 11 is 5.84. The Morgan fingerprint density at radius 1 is 1.05 bits per heavy atom. The monoisotopic (exact) mass is 316 g/mol. The maximum absolute atomic E-state index is 11.8. The summed E-state index contributed by atoms with van der Waals surface area (Å²) in [7, 11) is 0. The number of carbonyl (C=O) groups is 1. The van der Waals surface area contributed by atoms with Crippen molar-refractivity contribution in [3.63, 3.8) is 0 Å². The predicted octanol–water partition coefficient (Wildman–Crippen LogP) is 4.83. The molecular weight excluding hydrogens is 296 g/mol. The maximum Gasteiger partial charge on any atom is 0.319 e. The molecule has 0 saturated carbocycles. The lowest BCUT2D eigenvalue weighted by Crippen LogP contribution is -2.30. The molecule has 0 fully saturated rings. The zero-order valence-electron chi connectivity index (χ0n) is 12.9. The quantitative estimate of drug-likeness (QED) is 0.815. The van der Waals surface area contributed by atoms with Gasteiger partial charge in [0, 0.05) is 17.3 Å². The SMILES string of the molecule is CC(C)c1ccc(NC(=O)NCCc2ccc(Cl)cc2)cc1. The number of hydrogen-bond donors (Lipinski definition) is 2. The summed E-state index contributed by atoms with van der Waals surface area (Å²) < 4.78 is 0. The topological polar surface area (TPSA) is 41.1 Å². The van der Waals surface area contributed by atoms with Crippen molar-refractivity contribution in [1.29, 1.82) is 0 Å². The molecule has 0 aliphatic carbocycles. The molecule has 0 radical (unpaired) electrons. The van der Waals surface area contributed by atoms with E-state index in [1.165, 1.54) is 5.56 Å². The molecule has 0 atom stereocenters. The maximum atomic E-state index is 11.8. The zero-order chi connectivity index (χ0) is 15.9. The number of urea groups is 1. The van der Waals surface area contributed by atoms with Crippen LogP contribution in [0.3, 0.4) is 0 Å². The van der Waals surface area contributed by atoms with E-state index in [2.05, 4.69) is 24.5 Å². The van der Waals surface area contributed by atoms with Crippen molar-refractivity contribution in [3.8, 4) is 0 Å². The first kappa shape index (κ1) is 16.4. The standard InChI is InChI=1S/C18H21ClN2O/c1-13(2)15-5-9-17(10-6-15)21-18(22)20-12-11-14-3-7-16(19)8-4-14/h3-10,13H,11-12H2,1-2H3,(H2,20,21,22). The molecule has 0 unspecified atom stereocenters. The van der Waals surface area contributed by atoms with Crippen LogP contribution in [0.1, 0.15) is 30.9 Å². The molecule has 2 rings (SSSR count). The van der Waals surface area contributed by atoms with Crippen molar-refractivity contribution >= 4 is 23.3 Å².